The number of para-hydroxylation sites is 2. The SMILES string of the molecule is CC(C)c1cccc(C(C)C)c1NC(Nc1c(C(C)C)cccc1C(C)C)N1CCCCC1. The fourth-order valence-electron chi connectivity index (χ4n) is 5.10. The highest BCUT2D eigenvalue weighted by Gasteiger charge is 2.26. The molecule has 3 nitrogen and oxygen atoms in total. The van der Waals surface area contributed by atoms with E-state index in [4.69, 9.17) is 0 Å². The van der Waals surface area contributed by atoms with Crippen molar-refractivity contribution in [3.63, 3.8) is 0 Å². The summed E-state index contributed by atoms with van der Waals surface area (Å²) in [5.41, 5.74) is 8.27. The first-order valence-corrected chi connectivity index (χ1v) is 13.2. The minimum atomic E-state index is 0.0695. The second kappa shape index (κ2) is 11.4. The van der Waals surface area contributed by atoms with Crippen LogP contribution in [0.4, 0.5) is 11.4 Å². The van der Waals surface area contributed by atoms with Crippen LogP contribution in [0.2, 0.25) is 0 Å². The first-order chi connectivity index (χ1) is 15.7. The molecule has 182 valence electrons. The van der Waals surface area contributed by atoms with Crippen LogP contribution < -0.4 is 10.6 Å². The molecule has 1 saturated heterocycles. The van der Waals surface area contributed by atoms with Crippen LogP contribution in [-0.2, 0) is 0 Å². The number of anilines is 2. The van der Waals surface area contributed by atoms with Gasteiger partial charge >= 0.3 is 0 Å². The van der Waals surface area contributed by atoms with Gasteiger partial charge in [0, 0.05) is 24.5 Å². The van der Waals surface area contributed by atoms with Gasteiger partial charge < -0.3 is 10.6 Å². The maximum Gasteiger partial charge on any atom is 0.155 e. The van der Waals surface area contributed by atoms with E-state index >= 15 is 0 Å². The number of nitrogens with one attached hydrogen (secondary N) is 2. The van der Waals surface area contributed by atoms with Gasteiger partial charge in [-0.2, -0.15) is 0 Å². The fraction of sp³-hybridized carbons (Fsp3) is 0.600. The first kappa shape index (κ1) is 25.6. The fourth-order valence-corrected chi connectivity index (χ4v) is 5.10. The van der Waals surface area contributed by atoms with E-state index < -0.39 is 0 Å². The van der Waals surface area contributed by atoms with Crippen molar-refractivity contribution in [3.8, 4) is 0 Å². The Labute approximate surface area is 203 Å². The number of piperidine rings is 1. The van der Waals surface area contributed by atoms with E-state index in [1.54, 1.807) is 0 Å². The van der Waals surface area contributed by atoms with Crippen LogP contribution in [0, 0.1) is 0 Å². The third kappa shape index (κ3) is 6.12. The lowest BCUT2D eigenvalue weighted by molar-refractivity contribution is 0.194. The van der Waals surface area contributed by atoms with E-state index in [-0.39, 0.29) is 6.29 Å². The van der Waals surface area contributed by atoms with Crippen molar-refractivity contribution in [1.29, 1.82) is 0 Å². The molecule has 1 heterocycles. The molecule has 0 atom stereocenters. The number of hydrogen-bond acceptors (Lipinski definition) is 3. The van der Waals surface area contributed by atoms with Crippen LogP contribution >= 0.6 is 0 Å². The Morgan fingerprint density at radius 3 is 1.18 bits per heavy atom. The Balaban J connectivity index is 2.08. The van der Waals surface area contributed by atoms with Crippen LogP contribution in [0.15, 0.2) is 36.4 Å². The number of rotatable bonds is 9. The van der Waals surface area contributed by atoms with Crippen molar-refractivity contribution in [3.05, 3.63) is 58.7 Å². The highest BCUT2D eigenvalue weighted by molar-refractivity contribution is 5.64. The lowest BCUT2D eigenvalue weighted by Gasteiger charge is -2.39. The van der Waals surface area contributed by atoms with Crippen molar-refractivity contribution in [1.82, 2.24) is 4.90 Å². The van der Waals surface area contributed by atoms with Gasteiger partial charge in [0.1, 0.15) is 0 Å². The summed E-state index contributed by atoms with van der Waals surface area (Å²) in [7, 11) is 0. The van der Waals surface area contributed by atoms with Crippen LogP contribution in [0.3, 0.4) is 0 Å². The summed E-state index contributed by atoms with van der Waals surface area (Å²) in [5, 5.41) is 8.09. The van der Waals surface area contributed by atoms with Gasteiger partial charge in [-0.3, -0.25) is 4.90 Å². The highest BCUT2D eigenvalue weighted by atomic mass is 15.4. The smallest absolute Gasteiger partial charge is 0.155 e. The molecule has 2 aromatic carbocycles. The Hall–Kier alpha value is -2.00. The third-order valence-corrected chi connectivity index (χ3v) is 7.06. The average molecular weight is 450 g/mol. The number of hydrogen-bond donors (Lipinski definition) is 2. The maximum absolute atomic E-state index is 4.04. The summed E-state index contributed by atoms with van der Waals surface area (Å²) in [5.74, 6) is 1.90. The zero-order valence-corrected chi connectivity index (χ0v) is 22.3. The largest absolute Gasteiger partial charge is 0.352 e. The number of nitrogens with zero attached hydrogens (tertiary/aromatic N) is 1. The first-order valence-electron chi connectivity index (χ1n) is 13.2. The molecule has 0 unspecified atom stereocenters. The molecule has 33 heavy (non-hydrogen) atoms. The predicted octanol–water partition coefficient (Wildman–Crippen LogP) is 8.47. The van der Waals surface area contributed by atoms with E-state index in [0.29, 0.717) is 23.7 Å². The van der Waals surface area contributed by atoms with Crippen LogP contribution in [-0.4, -0.2) is 24.3 Å². The molecule has 0 spiro atoms. The quantitative estimate of drug-likeness (QED) is 0.376. The summed E-state index contributed by atoms with van der Waals surface area (Å²) in [4.78, 5) is 2.62. The summed E-state index contributed by atoms with van der Waals surface area (Å²) in [6.07, 6.45) is 3.94. The Morgan fingerprint density at radius 1 is 0.545 bits per heavy atom. The zero-order valence-electron chi connectivity index (χ0n) is 22.3. The van der Waals surface area contributed by atoms with Crippen molar-refractivity contribution in [2.24, 2.45) is 0 Å². The minimum absolute atomic E-state index is 0.0695. The summed E-state index contributed by atoms with van der Waals surface area (Å²) in [6, 6.07) is 13.7. The zero-order chi connectivity index (χ0) is 24.1. The van der Waals surface area contributed by atoms with E-state index in [2.05, 4.69) is 107 Å². The molecule has 0 saturated carbocycles. The third-order valence-electron chi connectivity index (χ3n) is 7.06. The second-order valence-electron chi connectivity index (χ2n) is 11.0. The Kier molecular flexibility index (Phi) is 8.87. The molecule has 1 aliphatic rings. The molecule has 3 heteroatoms. The molecular weight excluding hydrogens is 402 g/mol. The summed E-state index contributed by atoms with van der Waals surface area (Å²) < 4.78 is 0. The molecule has 0 aromatic heterocycles. The van der Waals surface area contributed by atoms with E-state index in [1.165, 1.54) is 52.9 Å². The second-order valence-corrected chi connectivity index (χ2v) is 11.0. The number of benzene rings is 2. The Bertz CT molecular complexity index is 773. The van der Waals surface area contributed by atoms with Crippen molar-refractivity contribution < 1.29 is 0 Å². The standard InChI is InChI=1S/C30H47N3/c1-20(2)24-14-12-15-25(21(3)4)28(24)31-30(33-18-10-9-11-19-33)32-29-26(22(5)6)16-13-17-27(29)23(7)8/h12-17,20-23,30-32H,9-11,18-19H2,1-8H3. The predicted molar refractivity (Wildman–Crippen MR) is 146 cm³/mol. The van der Waals surface area contributed by atoms with Crippen LogP contribution in [0.1, 0.15) is 121 Å². The highest BCUT2D eigenvalue weighted by Crippen LogP contribution is 2.36. The minimum Gasteiger partial charge on any atom is -0.352 e. The van der Waals surface area contributed by atoms with Gasteiger partial charge in [-0.25, -0.2) is 0 Å². The molecule has 0 radical (unpaired) electrons. The molecule has 1 fully saturated rings. The summed E-state index contributed by atoms with van der Waals surface area (Å²) in [6.45, 7) is 20.7. The molecule has 0 bridgehead atoms. The lowest BCUT2D eigenvalue weighted by atomic mass is 9.92. The molecular formula is C30H47N3. The summed E-state index contributed by atoms with van der Waals surface area (Å²) >= 11 is 0. The van der Waals surface area contributed by atoms with Crippen molar-refractivity contribution in [2.75, 3.05) is 23.7 Å². The van der Waals surface area contributed by atoms with E-state index in [9.17, 15) is 0 Å². The molecule has 1 aliphatic heterocycles. The molecule has 0 amide bonds. The molecule has 2 N–H and O–H groups in total. The molecule has 0 aliphatic carbocycles. The maximum atomic E-state index is 4.04. The lowest BCUT2D eigenvalue weighted by Crippen LogP contribution is -2.49. The normalized spacial score (nSPS) is 15.3. The van der Waals surface area contributed by atoms with Gasteiger partial charge in [-0.15, -0.1) is 0 Å². The van der Waals surface area contributed by atoms with Crippen LogP contribution in [0.5, 0.6) is 0 Å². The topological polar surface area (TPSA) is 27.3 Å². The monoisotopic (exact) mass is 449 g/mol. The van der Waals surface area contributed by atoms with Gasteiger partial charge in [-0.05, 0) is 58.8 Å². The van der Waals surface area contributed by atoms with Crippen LogP contribution in [0.25, 0.3) is 0 Å². The van der Waals surface area contributed by atoms with Gasteiger partial charge in [0.2, 0.25) is 0 Å². The number of likely N-dealkylation sites (tertiary alicyclic amines) is 1. The van der Waals surface area contributed by atoms with E-state index in [1.807, 2.05) is 0 Å². The Morgan fingerprint density at radius 2 is 0.879 bits per heavy atom. The van der Waals surface area contributed by atoms with Gasteiger partial charge in [0.05, 0.1) is 0 Å². The van der Waals surface area contributed by atoms with Gasteiger partial charge in [-0.1, -0.05) is 98.2 Å². The van der Waals surface area contributed by atoms with E-state index in [0.717, 1.165) is 13.1 Å². The van der Waals surface area contributed by atoms with Gasteiger partial charge in [0.25, 0.3) is 0 Å². The van der Waals surface area contributed by atoms with Crippen molar-refractivity contribution in [2.45, 2.75) is 105 Å². The molecule has 3 rings (SSSR count). The molecule has 2 aromatic rings. The van der Waals surface area contributed by atoms with Crippen molar-refractivity contribution >= 4 is 11.4 Å². The average Bonchev–Trinajstić information content (AvgIpc) is 2.78. The van der Waals surface area contributed by atoms with Gasteiger partial charge in [0.15, 0.2) is 6.29 Å².